The molecule has 1 atom stereocenters. The minimum Gasteiger partial charge on any atom is -0.507 e. The number of rotatable bonds is 5. The van der Waals surface area contributed by atoms with Crippen LogP contribution in [0.25, 0.3) is 0 Å². The molecule has 0 saturated carbocycles. The summed E-state index contributed by atoms with van der Waals surface area (Å²) in [4.78, 5) is 34.3. The van der Waals surface area contributed by atoms with Crippen LogP contribution in [0.4, 0.5) is 11.4 Å². The number of nitro groups is 1. The van der Waals surface area contributed by atoms with Crippen LogP contribution in [0.1, 0.15) is 22.8 Å². The van der Waals surface area contributed by atoms with Crippen LogP contribution in [0.15, 0.2) is 42.5 Å². The number of nitrogens with one attached hydrogen (secondary N) is 1. The van der Waals surface area contributed by atoms with Crippen LogP contribution in [0.5, 0.6) is 5.75 Å². The topological polar surface area (TPSA) is 119 Å². The fourth-order valence-corrected chi connectivity index (χ4v) is 2.04. The number of phenols is 1. The van der Waals surface area contributed by atoms with E-state index in [4.69, 9.17) is 4.74 Å². The van der Waals surface area contributed by atoms with Crippen molar-refractivity contribution in [1.29, 1.82) is 0 Å². The average Bonchev–Trinajstić information content (AvgIpc) is 2.57. The highest BCUT2D eigenvalue weighted by molar-refractivity contribution is 5.98. The summed E-state index contributed by atoms with van der Waals surface area (Å²) in [6.45, 7) is 2.99. The van der Waals surface area contributed by atoms with Crippen LogP contribution in [0, 0.1) is 17.0 Å². The number of hydrogen-bond donors (Lipinski definition) is 2. The lowest BCUT2D eigenvalue weighted by Gasteiger charge is -2.14. The zero-order valence-corrected chi connectivity index (χ0v) is 13.6. The number of aromatic hydroxyl groups is 1. The number of anilines is 1. The van der Waals surface area contributed by atoms with Gasteiger partial charge in [-0.3, -0.25) is 14.9 Å². The molecule has 0 aliphatic carbocycles. The molecule has 2 N–H and O–H groups in total. The molecule has 0 radical (unpaired) electrons. The number of carbonyl (C=O) groups is 2. The number of aryl methyl sites for hydroxylation is 1. The van der Waals surface area contributed by atoms with Crippen molar-refractivity contribution in [1.82, 2.24) is 0 Å². The highest BCUT2D eigenvalue weighted by Crippen LogP contribution is 2.23. The summed E-state index contributed by atoms with van der Waals surface area (Å²) in [5.74, 6) is -1.71. The zero-order valence-electron chi connectivity index (χ0n) is 13.6. The van der Waals surface area contributed by atoms with Crippen LogP contribution >= 0.6 is 0 Å². The van der Waals surface area contributed by atoms with Gasteiger partial charge < -0.3 is 15.2 Å². The summed E-state index contributed by atoms with van der Waals surface area (Å²) in [5.41, 5.74) is 0.491. The molecule has 0 heterocycles. The Labute approximate surface area is 143 Å². The molecule has 130 valence electrons. The Bertz CT molecular complexity index is 834. The maximum absolute atomic E-state index is 12.1. The van der Waals surface area contributed by atoms with E-state index < -0.39 is 22.9 Å². The molecule has 0 aromatic heterocycles. The summed E-state index contributed by atoms with van der Waals surface area (Å²) >= 11 is 0. The Morgan fingerprint density at radius 1 is 1.24 bits per heavy atom. The van der Waals surface area contributed by atoms with Gasteiger partial charge in [0.25, 0.3) is 11.6 Å². The standard InChI is InChI=1S/C17H16N2O6/c1-10-5-3-8-14(15(10)20)17(22)25-11(2)16(21)18-12-6-4-7-13(9-12)19(23)24/h3-9,11,20H,1-2H3,(H,18,21). The monoisotopic (exact) mass is 344 g/mol. The summed E-state index contributed by atoms with van der Waals surface area (Å²) in [6.07, 6.45) is -1.16. The lowest BCUT2D eigenvalue weighted by Crippen LogP contribution is -2.30. The third kappa shape index (κ3) is 4.31. The summed E-state index contributed by atoms with van der Waals surface area (Å²) in [6, 6.07) is 9.99. The number of non-ortho nitro benzene ring substituents is 1. The summed E-state index contributed by atoms with van der Waals surface area (Å²) in [7, 11) is 0. The first-order chi connectivity index (χ1) is 11.8. The van der Waals surface area contributed by atoms with Crippen molar-refractivity contribution in [2.75, 3.05) is 5.32 Å². The van der Waals surface area contributed by atoms with Crippen molar-refractivity contribution in [2.45, 2.75) is 20.0 Å². The molecule has 0 bridgehead atoms. The number of nitrogens with zero attached hydrogens (tertiary/aromatic N) is 1. The van der Waals surface area contributed by atoms with E-state index >= 15 is 0 Å². The third-order valence-electron chi connectivity index (χ3n) is 3.44. The molecule has 0 spiro atoms. The van der Waals surface area contributed by atoms with Crippen LogP contribution in [-0.4, -0.2) is 28.0 Å². The van der Waals surface area contributed by atoms with Crippen molar-refractivity contribution in [3.63, 3.8) is 0 Å². The number of nitro benzene ring substituents is 1. The molecule has 2 rings (SSSR count). The van der Waals surface area contributed by atoms with E-state index in [1.165, 1.54) is 37.3 Å². The number of hydrogen-bond acceptors (Lipinski definition) is 6. The molecular weight excluding hydrogens is 328 g/mol. The number of para-hydroxylation sites is 1. The molecular formula is C17H16N2O6. The largest absolute Gasteiger partial charge is 0.507 e. The van der Waals surface area contributed by atoms with Crippen molar-refractivity contribution in [3.8, 4) is 5.75 Å². The van der Waals surface area contributed by atoms with Gasteiger partial charge in [-0.1, -0.05) is 18.2 Å². The number of phenolic OH excluding ortho intramolecular Hbond substituents is 1. The zero-order chi connectivity index (χ0) is 18.6. The van der Waals surface area contributed by atoms with Crippen LogP contribution < -0.4 is 5.32 Å². The Hall–Kier alpha value is -3.42. The molecule has 25 heavy (non-hydrogen) atoms. The first-order valence-corrected chi connectivity index (χ1v) is 7.34. The fraction of sp³-hybridized carbons (Fsp3) is 0.176. The van der Waals surface area contributed by atoms with Crippen LogP contribution in [0.3, 0.4) is 0 Å². The van der Waals surface area contributed by atoms with Gasteiger partial charge in [0.15, 0.2) is 6.10 Å². The normalized spacial score (nSPS) is 11.4. The Morgan fingerprint density at radius 3 is 2.60 bits per heavy atom. The smallest absolute Gasteiger partial charge is 0.342 e. The second kappa shape index (κ2) is 7.43. The van der Waals surface area contributed by atoms with Crippen LogP contribution in [0.2, 0.25) is 0 Å². The second-order valence-electron chi connectivity index (χ2n) is 5.32. The molecule has 0 aliphatic rings. The van der Waals surface area contributed by atoms with Gasteiger partial charge >= 0.3 is 5.97 Å². The van der Waals surface area contributed by atoms with E-state index in [0.717, 1.165) is 0 Å². The van der Waals surface area contributed by atoms with E-state index in [1.54, 1.807) is 19.1 Å². The quantitative estimate of drug-likeness (QED) is 0.489. The van der Waals surface area contributed by atoms with E-state index in [0.29, 0.717) is 5.56 Å². The Balaban J connectivity index is 2.05. The molecule has 0 saturated heterocycles. The van der Waals surface area contributed by atoms with Crippen molar-refractivity contribution in [3.05, 3.63) is 63.7 Å². The fourth-order valence-electron chi connectivity index (χ4n) is 2.04. The Kier molecular flexibility index (Phi) is 5.33. The maximum atomic E-state index is 12.1. The SMILES string of the molecule is Cc1cccc(C(=O)OC(C)C(=O)Nc2cccc([N+](=O)[O-])c2)c1O. The predicted molar refractivity (Wildman–Crippen MR) is 89.4 cm³/mol. The molecule has 0 aliphatic heterocycles. The van der Waals surface area contributed by atoms with Crippen molar-refractivity contribution < 1.29 is 24.4 Å². The first-order valence-electron chi connectivity index (χ1n) is 7.34. The number of amides is 1. The average molecular weight is 344 g/mol. The molecule has 1 unspecified atom stereocenters. The van der Waals surface area contributed by atoms with E-state index in [9.17, 15) is 24.8 Å². The van der Waals surface area contributed by atoms with E-state index in [2.05, 4.69) is 5.32 Å². The van der Waals surface area contributed by atoms with E-state index in [-0.39, 0.29) is 22.7 Å². The predicted octanol–water partition coefficient (Wildman–Crippen LogP) is 2.79. The van der Waals surface area contributed by atoms with Crippen molar-refractivity contribution in [2.24, 2.45) is 0 Å². The molecule has 8 nitrogen and oxygen atoms in total. The number of benzene rings is 2. The molecule has 8 heteroatoms. The summed E-state index contributed by atoms with van der Waals surface area (Å²) in [5, 5.41) is 23.0. The highest BCUT2D eigenvalue weighted by Gasteiger charge is 2.22. The van der Waals surface area contributed by atoms with Gasteiger partial charge in [-0.15, -0.1) is 0 Å². The number of esters is 1. The molecule has 0 fully saturated rings. The minimum atomic E-state index is -1.16. The molecule has 1 amide bonds. The minimum absolute atomic E-state index is 0.0463. The second-order valence-corrected chi connectivity index (χ2v) is 5.32. The van der Waals surface area contributed by atoms with Crippen molar-refractivity contribution >= 4 is 23.3 Å². The summed E-state index contributed by atoms with van der Waals surface area (Å²) < 4.78 is 5.04. The number of carbonyl (C=O) groups excluding carboxylic acids is 2. The van der Waals surface area contributed by atoms with Gasteiger partial charge in [0, 0.05) is 17.8 Å². The third-order valence-corrected chi connectivity index (χ3v) is 3.44. The first kappa shape index (κ1) is 17.9. The van der Waals surface area contributed by atoms with Gasteiger partial charge in [-0.2, -0.15) is 0 Å². The van der Waals surface area contributed by atoms with Crippen LogP contribution in [-0.2, 0) is 9.53 Å². The lowest BCUT2D eigenvalue weighted by molar-refractivity contribution is -0.384. The van der Waals surface area contributed by atoms with Gasteiger partial charge in [-0.05, 0) is 31.5 Å². The molecule has 2 aromatic rings. The van der Waals surface area contributed by atoms with Gasteiger partial charge in [-0.25, -0.2) is 4.79 Å². The Morgan fingerprint density at radius 2 is 1.92 bits per heavy atom. The highest BCUT2D eigenvalue weighted by atomic mass is 16.6. The molecule has 2 aromatic carbocycles. The van der Waals surface area contributed by atoms with Gasteiger partial charge in [0.1, 0.15) is 11.3 Å². The van der Waals surface area contributed by atoms with Gasteiger partial charge in [0.05, 0.1) is 4.92 Å². The lowest BCUT2D eigenvalue weighted by atomic mass is 10.1. The van der Waals surface area contributed by atoms with Gasteiger partial charge in [0.2, 0.25) is 0 Å². The maximum Gasteiger partial charge on any atom is 0.342 e. The number of ether oxygens (including phenoxy) is 1. The van der Waals surface area contributed by atoms with E-state index in [1.807, 2.05) is 0 Å².